The number of nitrogens with one attached hydrogen (secondary N) is 3. The highest BCUT2D eigenvalue weighted by Gasteiger charge is 2.12. The summed E-state index contributed by atoms with van der Waals surface area (Å²) in [6, 6.07) is 0. The van der Waals surface area contributed by atoms with Gasteiger partial charge >= 0.3 is 5.69 Å². The third kappa shape index (κ3) is 4.34. The molecule has 2 aromatic heterocycles. The summed E-state index contributed by atoms with van der Waals surface area (Å²) in [6.45, 7) is 5.72. The van der Waals surface area contributed by atoms with Crippen LogP contribution in [0.25, 0.3) is 0 Å². The van der Waals surface area contributed by atoms with Gasteiger partial charge in [0.15, 0.2) is 0 Å². The summed E-state index contributed by atoms with van der Waals surface area (Å²) >= 11 is 0. The summed E-state index contributed by atoms with van der Waals surface area (Å²) < 4.78 is 5.34. The lowest BCUT2D eigenvalue weighted by Crippen LogP contribution is -2.29. The molecule has 1 amide bonds. The van der Waals surface area contributed by atoms with Crippen molar-refractivity contribution in [2.45, 2.75) is 40.2 Å². The number of H-pyrrole nitrogens is 2. The molecule has 0 aliphatic rings. The largest absolute Gasteiger partial charge is 0.496 e. The second-order valence-electron chi connectivity index (χ2n) is 5.83. The first-order valence-corrected chi connectivity index (χ1v) is 7.91. The predicted molar refractivity (Wildman–Crippen MR) is 92.9 cm³/mol. The molecular weight excluding hydrogens is 324 g/mol. The lowest BCUT2D eigenvalue weighted by Gasteiger charge is -2.13. The summed E-state index contributed by atoms with van der Waals surface area (Å²) in [4.78, 5) is 44.0. The topological polar surface area (TPSA) is 117 Å². The van der Waals surface area contributed by atoms with Crippen LogP contribution in [0.15, 0.2) is 15.8 Å². The van der Waals surface area contributed by atoms with E-state index < -0.39 is 11.2 Å². The summed E-state index contributed by atoms with van der Waals surface area (Å²) in [7, 11) is 1.60. The van der Waals surface area contributed by atoms with Crippen LogP contribution in [0, 0.1) is 20.8 Å². The van der Waals surface area contributed by atoms with Crippen LogP contribution in [0.3, 0.4) is 0 Å². The molecule has 0 saturated carbocycles. The highest BCUT2D eigenvalue weighted by molar-refractivity contribution is 5.76. The molecule has 3 N–H and O–H groups in total. The standard InChI is InChI=1S/C17H22N4O4/c1-9-7-18-13(10(2)15(9)25-4)8-19-14(22)6-5-12-11(3)20-17(24)21-16(12)23/h7H,5-6,8H2,1-4H3,(H,19,22)(H2,20,21,23,24). The maximum Gasteiger partial charge on any atom is 0.325 e. The summed E-state index contributed by atoms with van der Waals surface area (Å²) in [5.41, 5.74) is 2.41. The number of amides is 1. The zero-order chi connectivity index (χ0) is 18.6. The summed E-state index contributed by atoms with van der Waals surface area (Å²) in [5.74, 6) is 0.556. The highest BCUT2D eigenvalue weighted by atomic mass is 16.5. The minimum atomic E-state index is -0.550. The number of aryl methyl sites for hydroxylation is 2. The number of rotatable bonds is 6. The zero-order valence-electron chi connectivity index (χ0n) is 14.8. The Balaban J connectivity index is 1.98. The molecule has 8 heteroatoms. The number of nitrogens with zero attached hydrogens (tertiary/aromatic N) is 1. The summed E-state index contributed by atoms with van der Waals surface area (Å²) in [6.07, 6.45) is 2.09. The molecule has 0 unspecified atom stereocenters. The maximum absolute atomic E-state index is 12.1. The monoisotopic (exact) mass is 346 g/mol. The SMILES string of the molecule is COc1c(C)cnc(CNC(=O)CCc2c(C)[nH]c(=O)[nH]c2=O)c1C. The van der Waals surface area contributed by atoms with Crippen LogP contribution >= 0.6 is 0 Å². The predicted octanol–water partition coefficient (Wildman–Crippen LogP) is 0.641. The molecule has 0 bridgehead atoms. The van der Waals surface area contributed by atoms with E-state index in [1.54, 1.807) is 20.2 Å². The average molecular weight is 346 g/mol. The Bertz CT molecular complexity index is 898. The van der Waals surface area contributed by atoms with Gasteiger partial charge in [-0.1, -0.05) is 0 Å². The van der Waals surface area contributed by atoms with Gasteiger partial charge in [0.25, 0.3) is 5.56 Å². The van der Waals surface area contributed by atoms with Crippen molar-refractivity contribution in [3.63, 3.8) is 0 Å². The number of carbonyl (C=O) groups is 1. The van der Waals surface area contributed by atoms with Gasteiger partial charge in [-0.05, 0) is 27.2 Å². The lowest BCUT2D eigenvalue weighted by atomic mass is 10.1. The molecule has 8 nitrogen and oxygen atoms in total. The van der Waals surface area contributed by atoms with E-state index in [2.05, 4.69) is 20.3 Å². The van der Waals surface area contributed by atoms with Gasteiger partial charge in [-0.2, -0.15) is 0 Å². The lowest BCUT2D eigenvalue weighted by molar-refractivity contribution is -0.121. The first kappa shape index (κ1) is 18.4. The normalized spacial score (nSPS) is 10.6. The van der Waals surface area contributed by atoms with Crippen LogP contribution in [0.4, 0.5) is 0 Å². The van der Waals surface area contributed by atoms with Crippen molar-refractivity contribution in [2.24, 2.45) is 0 Å². The molecule has 0 aromatic carbocycles. The Morgan fingerprint density at radius 2 is 1.96 bits per heavy atom. The summed E-state index contributed by atoms with van der Waals surface area (Å²) in [5, 5.41) is 2.79. The van der Waals surface area contributed by atoms with Gasteiger partial charge in [-0.25, -0.2) is 4.79 Å². The van der Waals surface area contributed by atoms with Gasteiger partial charge in [0.2, 0.25) is 5.91 Å². The van der Waals surface area contributed by atoms with E-state index in [1.165, 1.54) is 0 Å². The third-order valence-corrected chi connectivity index (χ3v) is 4.06. The van der Waals surface area contributed by atoms with Crippen LogP contribution < -0.4 is 21.3 Å². The maximum atomic E-state index is 12.1. The van der Waals surface area contributed by atoms with Gasteiger partial charge < -0.3 is 15.0 Å². The molecule has 0 fully saturated rings. The molecule has 0 aliphatic heterocycles. The fourth-order valence-electron chi connectivity index (χ4n) is 2.69. The first-order chi connectivity index (χ1) is 11.8. The van der Waals surface area contributed by atoms with Crippen molar-refractivity contribution in [1.29, 1.82) is 0 Å². The number of aromatic nitrogens is 3. The molecule has 0 aliphatic carbocycles. The number of aromatic amines is 2. The number of methoxy groups -OCH3 is 1. The van der Waals surface area contributed by atoms with Crippen LogP contribution in [0.1, 0.15) is 34.5 Å². The van der Waals surface area contributed by atoms with Crippen molar-refractivity contribution in [1.82, 2.24) is 20.3 Å². The van der Waals surface area contributed by atoms with Gasteiger partial charge in [-0.15, -0.1) is 0 Å². The molecule has 0 saturated heterocycles. The zero-order valence-corrected chi connectivity index (χ0v) is 14.8. The van der Waals surface area contributed by atoms with Crippen molar-refractivity contribution >= 4 is 5.91 Å². The van der Waals surface area contributed by atoms with Crippen LogP contribution in [-0.4, -0.2) is 28.0 Å². The number of hydrogen-bond donors (Lipinski definition) is 3. The average Bonchev–Trinajstić information content (AvgIpc) is 2.53. The molecule has 2 aromatic rings. The minimum absolute atomic E-state index is 0.137. The van der Waals surface area contributed by atoms with Gasteiger partial charge in [0.1, 0.15) is 5.75 Å². The molecule has 0 atom stereocenters. The minimum Gasteiger partial charge on any atom is -0.496 e. The Morgan fingerprint density at radius 1 is 1.24 bits per heavy atom. The molecular formula is C17H22N4O4. The van der Waals surface area contributed by atoms with E-state index in [0.717, 1.165) is 22.6 Å². The van der Waals surface area contributed by atoms with E-state index >= 15 is 0 Å². The van der Waals surface area contributed by atoms with Crippen molar-refractivity contribution in [2.75, 3.05) is 7.11 Å². The molecule has 2 rings (SSSR count). The number of carbonyl (C=O) groups excluding carboxylic acids is 1. The molecule has 25 heavy (non-hydrogen) atoms. The van der Waals surface area contributed by atoms with Crippen LogP contribution in [0.2, 0.25) is 0 Å². The van der Waals surface area contributed by atoms with Gasteiger partial charge in [0, 0.05) is 35.0 Å². The highest BCUT2D eigenvalue weighted by Crippen LogP contribution is 2.23. The molecule has 134 valence electrons. The number of pyridine rings is 1. The Labute approximate surface area is 144 Å². The van der Waals surface area contributed by atoms with E-state index in [9.17, 15) is 14.4 Å². The second kappa shape index (κ2) is 7.78. The van der Waals surface area contributed by atoms with Crippen LogP contribution in [0.5, 0.6) is 5.75 Å². The van der Waals surface area contributed by atoms with E-state index in [1.807, 2.05) is 13.8 Å². The van der Waals surface area contributed by atoms with E-state index in [4.69, 9.17) is 4.74 Å². The van der Waals surface area contributed by atoms with E-state index in [-0.39, 0.29) is 25.3 Å². The van der Waals surface area contributed by atoms with Gasteiger partial charge in [0.05, 0.1) is 19.3 Å². The van der Waals surface area contributed by atoms with Gasteiger partial charge in [-0.3, -0.25) is 19.6 Å². The third-order valence-electron chi connectivity index (χ3n) is 4.06. The Hall–Kier alpha value is -2.90. The number of hydrogen-bond acceptors (Lipinski definition) is 5. The quantitative estimate of drug-likeness (QED) is 0.710. The molecule has 0 spiro atoms. The Morgan fingerprint density at radius 3 is 2.60 bits per heavy atom. The number of ether oxygens (including phenoxy) is 1. The van der Waals surface area contributed by atoms with Crippen molar-refractivity contribution < 1.29 is 9.53 Å². The van der Waals surface area contributed by atoms with E-state index in [0.29, 0.717) is 11.3 Å². The smallest absolute Gasteiger partial charge is 0.325 e. The Kier molecular flexibility index (Phi) is 5.74. The van der Waals surface area contributed by atoms with Crippen LogP contribution in [-0.2, 0) is 17.8 Å². The van der Waals surface area contributed by atoms with Crippen molar-refractivity contribution in [3.05, 3.63) is 55.1 Å². The fraction of sp³-hybridized carbons (Fsp3) is 0.412. The fourth-order valence-corrected chi connectivity index (χ4v) is 2.69. The molecule has 0 radical (unpaired) electrons. The van der Waals surface area contributed by atoms with Crippen molar-refractivity contribution in [3.8, 4) is 5.75 Å². The second-order valence-corrected chi connectivity index (χ2v) is 5.83. The first-order valence-electron chi connectivity index (χ1n) is 7.91. The molecule has 2 heterocycles.